The van der Waals surface area contributed by atoms with Gasteiger partial charge in [-0.2, -0.15) is 0 Å². The average Bonchev–Trinajstić information content (AvgIpc) is 2.02. The van der Waals surface area contributed by atoms with Crippen molar-refractivity contribution in [3.8, 4) is 0 Å². The van der Waals surface area contributed by atoms with E-state index in [-0.39, 0.29) is 6.54 Å². The smallest absolute Gasteiger partial charge is 0.0925 e. The van der Waals surface area contributed by atoms with E-state index >= 15 is 0 Å². The quantitative estimate of drug-likeness (QED) is 0.836. The highest BCUT2D eigenvalue weighted by Crippen LogP contribution is 2.27. The summed E-state index contributed by atoms with van der Waals surface area (Å²) < 4.78 is 0.933. The van der Waals surface area contributed by atoms with Crippen LogP contribution in [0.3, 0.4) is 0 Å². The van der Waals surface area contributed by atoms with E-state index in [1.54, 1.807) is 0 Å². The molecule has 0 saturated heterocycles. The van der Waals surface area contributed by atoms with Crippen molar-refractivity contribution in [2.75, 3.05) is 6.54 Å². The molecule has 0 saturated carbocycles. The molecule has 1 aromatic carbocycles. The van der Waals surface area contributed by atoms with Crippen molar-refractivity contribution in [3.05, 3.63) is 33.3 Å². The first kappa shape index (κ1) is 10.7. The lowest BCUT2D eigenvalue weighted by Gasteiger charge is -2.14. The van der Waals surface area contributed by atoms with Crippen LogP contribution in [0.2, 0.25) is 0 Å². The minimum absolute atomic E-state index is 0.252. The molecule has 0 spiro atoms. The van der Waals surface area contributed by atoms with E-state index in [4.69, 9.17) is 5.73 Å². The van der Waals surface area contributed by atoms with E-state index < -0.39 is 6.10 Å². The van der Waals surface area contributed by atoms with Gasteiger partial charge in [-0.05, 0) is 36.6 Å². The molecule has 1 rings (SSSR count). The topological polar surface area (TPSA) is 46.2 Å². The maximum absolute atomic E-state index is 9.63. The van der Waals surface area contributed by atoms with Crippen molar-refractivity contribution < 1.29 is 5.11 Å². The molecule has 0 fully saturated rings. The average molecular weight is 244 g/mol. The second kappa shape index (κ2) is 4.22. The molecule has 13 heavy (non-hydrogen) atoms. The molecule has 1 atom stereocenters. The molecular formula is C10H14BrNO. The molecule has 72 valence electrons. The number of aliphatic hydroxyl groups is 1. The van der Waals surface area contributed by atoms with Crippen LogP contribution in [0.4, 0.5) is 0 Å². The molecule has 0 bridgehead atoms. The van der Waals surface area contributed by atoms with Crippen LogP contribution in [0.25, 0.3) is 0 Å². The van der Waals surface area contributed by atoms with Gasteiger partial charge in [-0.3, -0.25) is 0 Å². The molecule has 0 aromatic heterocycles. The Morgan fingerprint density at radius 2 is 2.08 bits per heavy atom. The van der Waals surface area contributed by atoms with Gasteiger partial charge < -0.3 is 10.8 Å². The SMILES string of the molecule is Cc1cc(C)c(C(O)CN)c(Br)c1. The molecule has 0 heterocycles. The van der Waals surface area contributed by atoms with Crippen molar-refractivity contribution >= 4 is 15.9 Å². The van der Waals surface area contributed by atoms with Crippen LogP contribution < -0.4 is 5.73 Å². The summed E-state index contributed by atoms with van der Waals surface area (Å²) in [6.07, 6.45) is -0.574. The lowest BCUT2D eigenvalue weighted by molar-refractivity contribution is 0.185. The van der Waals surface area contributed by atoms with Gasteiger partial charge in [0.25, 0.3) is 0 Å². The highest BCUT2D eigenvalue weighted by Gasteiger charge is 2.12. The Kier molecular flexibility index (Phi) is 3.47. The molecule has 2 nitrogen and oxygen atoms in total. The third-order valence-corrected chi connectivity index (χ3v) is 2.69. The van der Waals surface area contributed by atoms with E-state index in [1.807, 2.05) is 26.0 Å². The van der Waals surface area contributed by atoms with Gasteiger partial charge in [0.1, 0.15) is 0 Å². The number of aryl methyl sites for hydroxylation is 2. The number of aliphatic hydroxyl groups excluding tert-OH is 1. The van der Waals surface area contributed by atoms with Crippen molar-refractivity contribution in [2.45, 2.75) is 20.0 Å². The van der Waals surface area contributed by atoms with Crippen LogP contribution in [-0.4, -0.2) is 11.7 Å². The van der Waals surface area contributed by atoms with Gasteiger partial charge in [0, 0.05) is 11.0 Å². The normalized spacial score (nSPS) is 13.0. The summed E-state index contributed by atoms with van der Waals surface area (Å²) in [7, 11) is 0. The lowest BCUT2D eigenvalue weighted by atomic mass is 10.0. The first-order valence-electron chi connectivity index (χ1n) is 4.21. The summed E-state index contributed by atoms with van der Waals surface area (Å²) in [4.78, 5) is 0. The van der Waals surface area contributed by atoms with Crippen LogP contribution in [-0.2, 0) is 0 Å². The first-order chi connectivity index (χ1) is 6.06. The maximum Gasteiger partial charge on any atom is 0.0925 e. The Morgan fingerprint density at radius 1 is 1.46 bits per heavy atom. The van der Waals surface area contributed by atoms with Gasteiger partial charge in [0.15, 0.2) is 0 Å². The zero-order valence-electron chi connectivity index (χ0n) is 7.84. The minimum atomic E-state index is -0.574. The molecule has 3 heteroatoms. The number of benzene rings is 1. The minimum Gasteiger partial charge on any atom is -0.387 e. The second-order valence-corrected chi connectivity index (χ2v) is 4.08. The molecule has 0 aliphatic heterocycles. The van der Waals surface area contributed by atoms with Crippen molar-refractivity contribution in [1.82, 2.24) is 0 Å². The fourth-order valence-corrected chi connectivity index (χ4v) is 2.40. The Morgan fingerprint density at radius 3 is 2.54 bits per heavy atom. The van der Waals surface area contributed by atoms with E-state index in [1.165, 1.54) is 5.56 Å². The van der Waals surface area contributed by atoms with E-state index in [0.717, 1.165) is 15.6 Å². The zero-order valence-corrected chi connectivity index (χ0v) is 9.43. The third kappa shape index (κ3) is 2.30. The van der Waals surface area contributed by atoms with Gasteiger partial charge in [-0.1, -0.05) is 22.0 Å². The predicted molar refractivity (Wildman–Crippen MR) is 57.6 cm³/mol. The number of hydrogen-bond acceptors (Lipinski definition) is 2. The highest BCUT2D eigenvalue weighted by molar-refractivity contribution is 9.10. The predicted octanol–water partition coefficient (Wildman–Crippen LogP) is 2.06. The van der Waals surface area contributed by atoms with Crippen LogP contribution in [0, 0.1) is 13.8 Å². The second-order valence-electron chi connectivity index (χ2n) is 3.23. The summed E-state index contributed by atoms with van der Waals surface area (Å²) in [6, 6.07) is 4.03. The van der Waals surface area contributed by atoms with Gasteiger partial charge in [0.05, 0.1) is 6.10 Å². The van der Waals surface area contributed by atoms with Gasteiger partial charge in [-0.25, -0.2) is 0 Å². The van der Waals surface area contributed by atoms with Gasteiger partial charge >= 0.3 is 0 Å². The summed E-state index contributed by atoms with van der Waals surface area (Å²) in [5.74, 6) is 0. The number of nitrogens with two attached hydrogens (primary N) is 1. The molecular weight excluding hydrogens is 230 g/mol. The summed E-state index contributed by atoms with van der Waals surface area (Å²) in [6.45, 7) is 4.25. The molecule has 0 amide bonds. The molecule has 1 aromatic rings. The summed E-state index contributed by atoms with van der Waals surface area (Å²) in [5, 5.41) is 9.63. The molecule has 0 aliphatic rings. The Labute approximate surface area is 86.9 Å². The first-order valence-corrected chi connectivity index (χ1v) is 5.00. The van der Waals surface area contributed by atoms with Crippen molar-refractivity contribution in [2.24, 2.45) is 5.73 Å². The third-order valence-electron chi connectivity index (χ3n) is 2.04. The van der Waals surface area contributed by atoms with Crippen LogP contribution in [0.15, 0.2) is 16.6 Å². The molecule has 3 N–H and O–H groups in total. The van der Waals surface area contributed by atoms with Gasteiger partial charge in [0.2, 0.25) is 0 Å². The Hall–Kier alpha value is -0.380. The fraction of sp³-hybridized carbons (Fsp3) is 0.400. The largest absolute Gasteiger partial charge is 0.387 e. The molecule has 1 unspecified atom stereocenters. The standard InChI is InChI=1S/C10H14BrNO/c1-6-3-7(2)10(8(11)4-6)9(13)5-12/h3-4,9,13H,5,12H2,1-2H3. The highest BCUT2D eigenvalue weighted by atomic mass is 79.9. The van der Waals surface area contributed by atoms with E-state index in [2.05, 4.69) is 15.9 Å². The van der Waals surface area contributed by atoms with E-state index in [0.29, 0.717) is 0 Å². The van der Waals surface area contributed by atoms with Crippen molar-refractivity contribution in [3.63, 3.8) is 0 Å². The van der Waals surface area contributed by atoms with Crippen LogP contribution in [0.1, 0.15) is 22.8 Å². The zero-order chi connectivity index (χ0) is 10.0. The number of rotatable bonds is 2. The number of hydrogen-bond donors (Lipinski definition) is 2. The van der Waals surface area contributed by atoms with Crippen LogP contribution in [0.5, 0.6) is 0 Å². The van der Waals surface area contributed by atoms with Crippen molar-refractivity contribution in [1.29, 1.82) is 0 Å². The maximum atomic E-state index is 9.63. The summed E-state index contributed by atoms with van der Waals surface area (Å²) >= 11 is 3.42. The number of halogens is 1. The monoisotopic (exact) mass is 243 g/mol. The fourth-order valence-electron chi connectivity index (χ4n) is 1.47. The molecule has 0 aliphatic carbocycles. The molecule has 0 radical (unpaired) electrons. The Bertz CT molecular complexity index is 289. The van der Waals surface area contributed by atoms with Crippen LogP contribution >= 0.6 is 15.9 Å². The lowest BCUT2D eigenvalue weighted by Crippen LogP contribution is -2.13. The summed E-state index contributed by atoms with van der Waals surface area (Å²) in [5.41, 5.74) is 8.56. The Balaban J connectivity index is 3.20. The van der Waals surface area contributed by atoms with E-state index in [9.17, 15) is 5.11 Å². The van der Waals surface area contributed by atoms with Gasteiger partial charge in [-0.15, -0.1) is 0 Å².